The Hall–Kier alpha value is -2.87. The molecule has 0 saturated heterocycles. The van der Waals surface area contributed by atoms with Gasteiger partial charge in [0.15, 0.2) is 6.10 Å². The van der Waals surface area contributed by atoms with Crippen LogP contribution in [0, 0.1) is 0 Å². The van der Waals surface area contributed by atoms with E-state index in [1.165, 1.54) is 11.3 Å². The van der Waals surface area contributed by atoms with Crippen LogP contribution in [-0.2, 0) is 27.1 Å². The van der Waals surface area contributed by atoms with Crippen LogP contribution in [-0.4, -0.2) is 30.6 Å². The molecule has 166 valence electrons. The zero-order valence-electron chi connectivity index (χ0n) is 17.9. The number of thiophene rings is 1. The number of carbonyl (C=O) groups excluding carboxylic acids is 3. The molecular formula is C23H28N2O5S. The average Bonchev–Trinajstić information content (AvgIpc) is 2.92. The SMILES string of the molecule is CCOC(=O)c1c(NC(=O)C(CC)OC(=O)c2ccc(N)cc2)sc2c1CCCCC2. The average molecular weight is 445 g/mol. The Morgan fingerprint density at radius 1 is 1.06 bits per heavy atom. The van der Waals surface area contributed by atoms with Gasteiger partial charge in [0.05, 0.1) is 17.7 Å². The molecule has 31 heavy (non-hydrogen) atoms. The Morgan fingerprint density at radius 3 is 2.45 bits per heavy atom. The van der Waals surface area contributed by atoms with E-state index in [4.69, 9.17) is 15.2 Å². The zero-order valence-corrected chi connectivity index (χ0v) is 18.7. The number of benzene rings is 1. The van der Waals surface area contributed by atoms with Crippen LogP contribution in [0.3, 0.4) is 0 Å². The molecule has 1 amide bonds. The molecule has 0 saturated carbocycles. The molecule has 1 unspecified atom stereocenters. The number of nitrogens with one attached hydrogen (secondary N) is 1. The molecule has 0 radical (unpaired) electrons. The fourth-order valence-electron chi connectivity index (χ4n) is 3.58. The quantitative estimate of drug-likeness (QED) is 0.373. The molecule has 7 nitrogen and oxygen atoms in total. The number of ether oxygens (including phenoxy) is 2. The monoisotopic (exact) mass is 444 g/mol. The van der Waals surface area contributed by atoms with E-state index < -0.39 is 23.9 Å². The first-order valence-electron chi connectivity index (χ1n) is 10.6. The maximum Gasteiger partial charge on any atom is 0.341 e. The van der Waals surface area contributed by atoms with Gasteiger partial charge in [-0.2, -0.15) is 0 Å². The molecule has 1 aromatic heterocycles. The molecule has 8 heteroatoms. The van der Waals surface area contributed by atoms with Crippen molar-refractivity contribution in [2.24, 2.45) is 0 Å². The summed E-state index contributed by atoms with van der Waals surface area (Å²) in [4.78, 5) is 39.1. The van der Waals surface area contributed by atoms with Crippen molar-refractivity contribution in [3.05, 3.63) is 45.8 Å². The summed E-state index contributed by atoms with van der Waals surface area (Å²) in [6, 6.07) is 6.30. The summed E-state index contributed by atoms with van der Waals surface area (Å²) >= 11 is 1.42. The molecule has 0 spiro atoms. The molecule has 3 N–H and O–H groups in total. The maximum atomic E-state index is 12.9. The molecule has 0 fully saturated rings. The lowest BCUT2D eigenvalue weighted by atomic mass is 10.1. The Bertz CT molecular complexity index is 952. The van der Waals surface area contributed by atoms with Crippen molar-refractivity contribution in [3.8, 4) is 0 Å². The highest BCUT2D eigenvalue weighted by atomic mass is 32.1. The van der Waals surface area contributed by atoms with Crippen molar-refractivity contribution in [3.63, 3.8) is 0 Å². The summed E-state index contributed by atoms with van der Waals surface area (Å²) in [6.07, 6.45) is 4.16. The highest BCUT2D eigenvalue weighted by Gasteiger charge is 2.29. The van der Waals surface area contributed by atoms with Gasteiger partial charge in [-0.05, 0) is 68.9 Å². The number of aryl methyl sites for hydroxylation is 1. The summed E-state index contributed by atoms with van der Waals surface area (Å²) in [5, 5.41) is 3.30. The van der Waals surface area contributed by atoms with Crippen LogP contribution in [0.5, 0.6) is 0 Å². The van der Waals surface area contributed by atoms with Crippen LogP contribution in [0.2, 0.25) is 0 Å². The fourth-order valence-corrected chi connectivity index (χ4v) is 4.86. The summed E-state index contributed by atoms with van der Waals surface area (Å²) in [5.74, 6) is -1.49. The third-order valence-corrected chi connectivity index (χ3v) is 6.40. The summed E-state index contributed by atoms with van der Waals surface area (Å²) in [7, 11) is 0. The number of nitrogen functional groups attached to an aromatic ring is 1. The van der Waals surface area contributed by atoms with Gasteiger partial charge in [-0.1, -0.05) is 13.3 Å². The maximum absolute atomic E-state index is 12.9. The minimum Gasteiger partial charge on any atom is -0.462 e. The third-order valence-electron chi connectivity index (χ3n) is 5.20. The standard InChI is InChI=1S/C23H28N2O5S/c1-3-17(30-22(27)14-10-12-15(24)13-11-14)20(26)25-21-19(23(28)29-4-2)16-8-6-5-7-9-18(16)31-21/h10-13,17H,3-9,24H2,1-2H3,(H,25,26). The van der Waals surface area contributed by atoms with Crippen LogP contribution < -0.4 is 11.1 Å². The van der Waals surface area contributed by atoms with Gasteiger partial charge < -0.3 is 20.5 Å². The predicted molar refractivity (Wildman–Crippen MR) is 121 cm³/mol. The second-order valence-electron chi connectivity index (χ2n) is 7.40. The number of carbonyl (C=O) groups is 3. The number of nitrogens with two attached hydrogens (primary N) is 1. The van der Waals surface area contributed by atoms with E-state index in [0.29, 0.717) is 28.2 Å². The topological polar surface area (TPSA) is 108 Å². The van der Waals surface area contributed by atoms with Gasteiger partial charge in [0.1, 0.15) is 5.00 Å². The lowest BCUT2D eigenvalue weighted by Gasteiger charge is -2.16. The Balaban J connectivity index is 1.79. The van der Waals surface area contributed by atoms with Crippen molar-refractivity contribution in [2.75, 3.05) is 17.7 Å². The van der Waals surface area contributed by atoms with Gasteiger partial charge in [0.2, 0.25) is 0 Å². The molecule has 1 aromatic carbocycles. The van der Waals surface area contributed by atoms with Crippen molar-refractivity contribution in [1.29, 1.82) is 0 Å². The lowest BCUT2D eigenvalue weighted by molar-refractivity contribution is -0.124. The number of fused-ring (bicyclic) bond motifs is 1. The molecule has 1 aliphatic rings. The number of esters is 2. The van der Waals surface area contributed by atoms with Gasteiger partial charge in [-0.15, -0.1) is 11.3 Å². The van der Waals surface area contributed by atoms with E-state index in [1.807, 2.05) is 0 Å². The number of anilines is 2. The second-order valence-corrected chi connectivity index (χ2v) is 8.51. The summed E-state index contributed by atoms with van der Waals surface area (Å²) in [6.45, 7) is 3.77. The van der Waals surface area contributed by atoms with Crippen molar-refractivity contribution >= 4 is 39.9 Å². The summed E-state index contributed by atoms with van der Waals surface area (Å²) < 4.78 is 10.7. The van der Waals surface area contributed by atoms with E-state index in [2.05, 4.69) is 5.32 Å². The molecule has 1 heterocycles. The fraction of sp³-hybridized carbons (Fsp3) is 0.435. The van der Waals surface area contributed by atoms with Crippen LogP contribution in [0.25, 0.3) is 0 Å². The van der Waals surface area contributed by atoms with Gasteiger partial charge >= 0.3 is 11.9 Å². The smallest absolute Gasteiger partial charge is 0.341 e. The van der Waals surface area contributed by atoms with Crippen molar-refractivity contribution in [1.82, 2.24) is 0 Å². The Kier molecular flexibility index (Phi) is 7.68. The van der Waals surface area contributed by atoms with Gasteiger partial charge in [-0.3, -0.25) is 4.79 Å². The minimum absolute atomic E-state index is 0.258. The zero-order chi connectivity index (χ0) is 22.4. The van der Waals surface area contributed by atoms with E-state index >= 15 is 0 Å². The minimum atomic E-state index is -0.984. The Labute approximate surface area is 185 Å². The number of amides is 1. The van der Waals surface area contributed by atoms with E-state index in [1.54, 1.807) is 38.1 Å². The van der Waals surface area contributed by atoms with Crippen molar-refractivity contribution < 1.29 is 23.9 Å². The summed E-state index contributed by atoms with van der Waals surface area (Å²) in [5.41, 5.74) is 7.91. The number of hydrogen-bond acceptors (Lipinski definition) is 7. The number of hydrogen-bond donors (Lipinski definition) is 2. The molecular weight excluding hydrogens is 416 g/mol. The van der Waals surface area contributed by atoms with Gasteiger partial charge in [0.25, 0.3) is 5.91 Å². The van der Waals surface area contributed by atoms with E-state index in [0.717, 1.165) is 42.5 Å². The second kappa shape index (κ2) is 10.4. The number of rotatable bonds is 7. The molecule has 1 aliphatic carbocycles. The first-order chi connectivity index (χ1) is 14.9. The highest BCUT2D eigenvalue weighted by Crippen LogP contribution is 2.38. The van der Waals surface area contributed by atoms with Crippen LogP contribution in [0.15, 0.2) is 24.3 Å². The van der Waals surface area contributed by atoms with Crippen LogP contribution in [0.4, 0.5) is 10.7 Å². The molecule has 1 atom stereocenters. The highest BCUT2D eigenvalue weighted by molar-refractivity contribution is 7.17. The van der Waals surface area contributed by atoms with Crippen molar-refractivity contribution in [2.45, 2.75) is 58.5 Å². The molecule has 3 rings (SSSR count). The van der Waals surface area contributed by atoms with E-state index in [-0.39, 0.29) is 6.61 Å². The normalized spacial score (nSPS) is 14.1. The largest absolute Gasteiger partial charge is 0.462 e. The third kappa shape index (κ3) is 5.44. The van der Waals surface area contributed by atoms with Crippen LogP contribution in [0.1, 0.15) is 70.7 Å². The van der Waals surface area contributed by atoms with Crippen LogP contribution >= 0.6 is 11.3 Å². The molecule has 0 aliphatic heterocycles. The first-order valence-corrected chi connectivity index (χ1v) is 11.4. The van der Waals surface area contributed by atoms with E-state index in [9.17, 15) is 14.4 Å². The van der Waals surface area contributed by atoms with Gasteiger partial charge in [-0.25, -0.2) is 9.59 Å². The Morgan fingerprint density at radius 2 is 1.77 bits per heavy atom. The molecule has 0 bridgehead atoms. The van der Waals surface area contributed by atoms with Gasteiger partial charge in [0, 0.05) is 10.6 Å². The predicted octanol–water partition coefficient (Wildman–Crippen LogP) is 4.35. The lowest BCUT2D eigenvalue weighted by Crippen LogP contribution is -2.32. The first kappa shape index (κ1) is 22.8. The molecule has 2 aromatic rings.